The zero-order valence-electron chi connectivity index (χ0n) is 2.32. The molecule has 0 aliphatic heterocycles. The summed E-state index contributed by atoms with van der Waals surface area (Å²) in [6.45, 7) is 0. The van der Waals surface area contributed by atoms with E-state index in [1.54, 1.807) is 0 Å². The van der Waals surface area contributed by atoms with E-state index in [4.69, 9.17) is 0 Å². The summed E-state index contributed by atoms with van der Waals surface area (Å²) >= 11 is 7.92. The average molecular weight is 83.1 g/mol. The van der Waals surface area contributed by atoms with E-state index in [1.807, 2.05) is 4.31 Å². The molecule has 0 atom stereocenters. The summed E-state index contributed by atoms with van der Waals surface area (Å²) in [6.07, 6.45) is 0. The fraction of sp³-hybridized carbons (Fsp3) is 0. The molecule has 0 saturated heterocycles. The van der Waals surface area contributed by atoms with Crippen molar-refractivity contribution < 1.29 is 0 Å². The summed E-state index contributed by atoms with van der Waals surface area (Å²) in [5, 5.41) is 0. The fourth-order valence-electron chi connectivity index (χ4n) is 0. The molecule has 0 unspecified atom stereocenters. The maximum Gasteiger partial charge on any atom is 0.0297 e. The molecule has 0 bridgehead atoms. The molecule has 17 valence electrons. The van der Waals surface area contributed by atoms with Gasteiger partial charge in [0.15, 0.2) is 0 Å². The molecule has 0 aromatic carbocycles. The summed E-state index contributed by atoms with van der Waals surface area (Å²) in [4.78, 5) is 0. The summed E-state index contributed by atoms with van der Waals surface area (Å²) in [5.41, 5.74) is 0. The third-order valence-corrected chi connectivity index (χ3v) is 0. The van der Waals surface area contributed by atoms with Crippen molar-refractivity contribution in [3.63, 3.8) is 0 Å². The molecule has 0 fully saturated rings. The second-order valence-corrected chi connectivity index (χ2v) is 0.750. The molecule has 0 nitrogen and oxygen atoms in total. The third-order valence-electron chi connectivity index (χ3n) is 0. The second-order valence-electron chi connectivity index (χ2n) is 0.0833. The van der Waals surface area contributed by atoms with Crippen LogP contribution in [0.5, 0.6) is 0 Å². The number of rotatable bonds is 0. The Balaban J connectivity index is 0. The molecule has 0 aromatic rings. The Labute approximate surface area is 47.8 Å². The first-order valence-corrected chi connectivity index (χ1v) is 1.22. The van der Waals surface area contributed by atoms with Crippen molar-refractivity contribution in [2.24, 2.45) is 0 Å². The van der Waals surface area contributed by atoms with E-state index in [0.717, 1.165) is 0 Å². The van der Waals surface area contributed by atoms with Crippen LogP contribution in [0.1, 0.15) is 0 Å². The Hall–Kier alpha value is 0.817. The fourth-order valence-corrected chi connectivity index (χ4v) is 0. The molecule has 3 heteroatoms. The first-order valence-electron chi connectivity index (χ1n) is 0.408. The van der Waals surface area contributed by atoms with Crippen molar-refractivity contribution in [1.82, 2.24) is 0 Å². The predicted molar refractivity (Wildman–Crippen MR) is 25.9 cm³/mol. The van der Waals surface area contributed by atoms with Crippen molar-refractivity contribution in [2.45, 2.75) is 0 Å². The Kier molecular flexibility index (Phi) is 20.3. The summed E-state index contributed by atoms with van der Waals surface area (Å²) < 4.78 is 1.92. The van der Waals surface area contributed by atoms with Crippen LogP contribution < -0.4 is 0 Å². The summed E-state index contributed by atoms with van der Waals surface area (Å²) in [7, 11) is 0. The minimum absolute atomic E-state index is 0. The molecule has 0 aliphatic rings. The molecule has 0 amide bonds. The van der Waals surface area contributed by atoms with Crippen LogP contribution in [0.3, 0.4) is 0 Å². The van der Waals surface area contributed by atoms with Gasteiger partial charge in [0, 0.05) is 23.2 Å². The van der Waals surface area contributed by atoms with Gasteiger partial charge >= 0.3 is 0 Å². The van der Waals surface area contributed by atoms with Crippen LogP contribution >= 0.6 is 24.4 Å². The number of thiocarbonyl (C=S) groups is 2. The SMILES string of the molecule is S=C=S.[Li]. The van der Waals surface area contributed by atoms with Crippen LogP contribution in [0.25, 0.3) is 0 Å². The van der Waals surface area contributed by atoms with Gasteiger partial charge in [0.05, 0.1) is 0 Å². The molecular weight excluding hydrogens is 83.1 g/mol. The molecule has 0 aliphatic carbocycles. The molecular formula is CLiS2. The number of hydrogen-bond acceptors (Lipinski definition) is 2. The molecule has 0 aromatic heterocycles. The van der Waals surface area contributed by atoms with Gasteiger partial charge in [0.1, 0.15) is 0 Å². The molecule has 0 spiro atoms. The van der Waals surface area contributed by atoms with Crippen LogP contribution in [0.2, 0.25) is 0 Å². The Bertz CT molecular complexity index is 27.0. The molecule has 0 heterocycles. The van der Waals surface area contributed by atoms with E-state index < -0.39 is 0 Å². The van der Waals surface area contributed by atoms with E-state index >= 15 is 0 Å². The Morgan fingerprint density at radius 3 is 1.25 bits per heavy atom. The standard InChI is InChI=1S/CS2.Li/c2-1-3;. The van der Waals surface area contributed by atoms with Crippen molar-refractivity contribution in [3.8, 4) is 0 Å². The van der Waals surface area contributed by atoms with Gasteiger partial charge in [-0.2, -0.15) is 0 Å². The van der Waals surface area contributed by atoms with E-state index in [1.165, 1.54) is 0 Å². The quantitative estimate of drug-likeness (QED) is 0.311. The van der Waals surface area contributed by atoms with Crippen LogP contribution in [0.4, 0.5) is 0 Å². The average Bonchev–Trinajstić information content (AvgIpc) is 0.918. The van der Waals surface area contributed by atoms with Gasteiger partial charge in [-0.1, -0.05) is 0 Å². The van der Waals surface area contributed by atoms with Crippen molar-refractivity contribution in [2.75, 3.05) is 0 Å². The van der Waals surface area contributed by atoms with Gasteiger partial charge in [0.2, 0.25) is 0 Å². The largest absolute Gasteiger partial charge is 0.0297 e. The first-order chi connectivity index (χ1) is 1.41. The summed E-state index contributed by atoms with van der Waals surface area (Å²) in [5.74, 6) is 0. The van der Waals surface area contributed by atoms with Crippen molar-refractivity contribution in [1.29, 1.82) is 0 Å². The summed E-state index contributed by atoms with van der Waals surface area (Å²) in [6, 6.07) is 0. The zero-order valence-corrected chi connectivity index (χ0v) is 3.95. The maximum absolute atomic E-state index is 3.96. The topological polar surface area (TPSA) is 0 Å². The van der Waals surface area contributed by atoms with Crippen LogP contribution in [0, 0.1) is 0 Å². The second kappa shape index (κ2) is 9.17. The van der Waals surface area contributed by atoms with E-state index in [-0.39, 0.29) is 18.9 Å². The van der Waals surface area contributed by atoms with Crippen molar-refractivity contribution >= 4 is 47.6 Å². The predicted octanol–water partition coefficient (Wildman–Crippen LogP) is 0.637. The van der Waals surface area contributed by atoms with Gasteiger partial charge in [-0.15, -0.1) is 0 Å². The van der Waals surface area contributed by atoms with Gasteiger partial charge in [0.25, 0.3) is 0 Å². The van der Waals surface area contributed by atoms with Crippen LogP contribution in [0.15, 0.2) is 0 Å². The van der Waals surface area contributed by atoms with E-state index in [0.29, 0.717) is 0 Å². The molecule has 0 saturated carbocycles. The normalized spacial score (nSPS) is 2.00. The molecule has 0 N–H and O–H groups in total. The third kappa shape index (κ3) is 13.9. The minimum Gasteiger partial charge on any atom is -0.0148 e. The van der Waals surface area contributed by atoms with Gasteiger partial charge in [-0.3, -0.25) is 0 Å². The maximum atomic E-state index is 3.96. The van der Waals surface area contributed by atoms with Crippen LogP contribution in [-0.2, 0) is 0 Å². The monoisotopic (exact) mass is 83.0 g/mol. The van der Waals surface area contributed by atoms with E-state index in [9.17, 15) is 0 Å². The van der Waals surface area contributed by atoms with Gasteiger partial charge in [-0.05, 0) is 24.4 Å². The Morgan fingerprint density at radius 2 is 1.25 bits per heavy atom. The van der Waals surface area contributed by atoms with Crippen LogP contribution in [-0.4, -0.2) is 23.2 Å². The minimum atomic E-state index is 0. The smallest absolute Gasteiger partial charge is 0.0148 e. The van der Waals surface area contributed by atoms with Crippen molar-refractivity contribution in [3.05, 3.63) is 0 Å². The number of hydrogen-bond donors (Lipinski definition) is 0. The van der Waals surface area contributed by atoms with Gasteiger partial charge in [-0.25, -0.2) is 0 Å². The van der Waals surface area contributed by atoms with Gasteiger partial charge < -0.3 is 0 Å². The van der Waals surface area contributed by atoms with E-state index in [2.05, 4.69) is 24.4 Å². The molecule has 1 radical (unpaired) electrons. The molecule has 4 heavy (non-hydrogen) atoms. The Morgan fingerprint density at radius 1 is 1.25 bits per heavy atom. The first kappa shape index (κ1) is 8.84. The zero-order chi connectivity index (χ0) is 2.71. The molecule has 0 rings (SSSR count).